The molecule has 0 heterocycles. The van der Waals surface area contributed by atoms with E-state index in [1.54, 1.807) is 6.07 Å². The molecule has 3 nitrogen and oxygen atoms in total. The van der Waals surface area contributed by atoms with Crippen molar-refractivity contribution in [3.63, 3.8) is 0 Å². The molecule has 0 bridgehead atoms. The van der Waals surface area contributed by atoms with Crippen molar-refractivity contribution in [1.82, 2.24) is 5.32 Å². The van der Waals surface area contributed by atoms with Gasteiger partial charge in [0.05, 0.1) is 11.6 Å². The lowest BCUT2D eigenvalue weighted by atomic mass is 10.1. The summed E-state index contributed by atoms with van der Waals surface area (Å²) in [6.45, 7) is 3.84. The Morgan fingerprint density at radius 1 is 1.20 bits per heavy atom. The molecule has 0 saturated heterocycles. The summed E-state index contributed by atoms with van der Waals surface area (Å²) in [6.07, 6.45) is 0. The van der Waals surface area contributed by atoms with Crippen molar-refractivity contribution in [3.8, 4) is 0 Å². The minimum atomic E-state index is -0.151. The maximum atomic E-state index is 12.3. The van der Waals surface area contributed by atoms with E-state index in [9.17, 15) is 4.79 Å². The molecule has 4 heteroatoms. The zero-order chi connectivity index (χ0) is 14.7. The highest BCUT2D eigenvalue weighted by molar-refractivity contribution is 9.10. The number of rotatable bonds is 3. The van der Waals surface area contributed by atoms with Gasteiger partial charge in [-0.25, -0.2) is 0 Å². The van der Waals surface area contributed by atoms with Gasteiger partial charge in [-0.1, -0.05) is 40.2 Å². The molecule has 0 spiro atoms. The Morgan fingerprint density at radius 2 is 1.85 bits per heavy atom. The molecular formula is C16H17BrN2O. The van der Waals surface area contributed by atoms with E-state index in [0.717, 1.165) is 15.6 Å². The van der Waals surface area contributed by atoms with Crippen molar-refractivity contribution in [1.29, 1.82) is 0 Å². The van der Waals surface area contributed by atoms with Crippen LogP contribution in [-0.4, -0.2) is 5.91 Å². The van der Waals surface area contributed by atoms with Crippen LogP contribution in [0.4, 0.5) is 5.69 Å². The molecule has 2 rings (SSSR count). The fraction of sp³-hybridized carbons (Fsp3) is 0.188. The van der Waals surface area contributed by atoms with Crippen molar-refractivity contribution in [3.05, 3.63) is 63.6 Å². The predicted molar refractivity (Wildman–Crippen MR) is 85.6 cm³/mol. The molecule has 0 unspecified atom stereocenters. The molecule has 1 amide bonds. The van der Waals surface area contributed by atoms with Gasteiger partial charge in [-0.2, -0.15) is 0 Å². The number of anilines is 1. The topological polar surface area (TPSA) is 55.1 Å². The first-order valence-electron chi connectivity index (χ1n) is 6.40. The largest absolute Gasteiger partial charge is 0.398 e. The summed E-state index contributed by atoms with van der Waals surface area (Å²) in [5.74, 6) is -0.151. The summed E-state index contributed by atoms with van der Waals surface area (Å²) in [4.78, 5) is 12.3. The van der Waals surface area contributed by atoms with E-state index in [0.29, 0.717) is 11.3 Å². The van der Waals surface area contributed by atoms with Crippen LogP contribution in [-0.2, 0) is 0 Å². The highest BCUT2D eigenvalue weighted by Gasteiger charge is 2.14. The van der Waals surface area contributed by atoms with Gasteiger partial charge in [0.15, 0.2) is 0 Å². The van der Waals surface area contributed by atoms with Crippen molar-refractivity contribution in [2.45, 2.75) is 19.9 Å². The normalized spacial score (nSPS) is 11.9. The molecule has 0 aliphatic carbocycles. The van der Waals surface area contributed by atoms with Gasteiger partial charge in [0.2, 0.25) is 0 Å². The van der Waals surface area contributed by atoms with Gasteiger partial charge in [-0.3, -0.25) is 4.79 Å². The Morgan fingerprint density at radius 3 is 2.50 bits per heavy atom. The fourth-order valence-corrected chi connectivity index (χ4v) is 2.25. The number of amides is 1. The van der Waals surface area contributed by atoms with Crippen molar-refractivity contribution >= 4 is 27.5 Å². The van der Waals surface area contributed by atoms with E-state index in [-0.39, 0.29) is 11.9 Å². The number of benzene rings is 2. The van der Waals surface area contributed by atoms with Crippen LogP contribution in [0.1, 0.15) is 34.5 Å². The fourth-order valence-electron chi connectivity index (χ4n) is 1.99. The summed E-state index contributed by atoms with van der Waals surface area (Å²) < 4.78 is 1.02. The van der Waals surface area contributed by atoms with Crippen LogP contribution in [0.25, 0.3) is 0 Å². The van der Waals surface area contributed by atoms with Gasteiger partial charge in [-0.15, -0.1) is 0 Å². The number of carbonyl (C=O) groups excluding carboxylic acids is 1. The SMILES string of the molecule is Cc1cccc(C(=O)N[C@H](C)c2ccc(Br)cc2)c1N. The molecule has 3 N–H and O–H groups in total. The van der Waals surface area contributed by atoms with Gasteiger partial charge in [0, 0.05) is 10.2 Å². The predicted octanol–water partition coefficient (Wildman–Crippen LogP) is 3.83. The average molecular weight is 333 g/mol. The molecule has 1 atom stereocenters. The molecule has 0 aliphatic rings. The van der Waals surface area contributed by atoms with Crippen molar-refractivity contribution < 1.29 is 4.79 Å². The second-order valence-corrected chi connectivity index (χ2v) is 5.70. The van der Waals surface area contributed by atoms with E-state index < -0.39 is 0 Å². The van der Waals surface area contributed by atoms with Gasteiger partial charge in [0.25, 0.3) is 5.91 Å². The standard InChI is InChI=1S/C16H17BrN2O/c1-10-4-3-5-14(15(10)18)16(20)19-11(2)12-6-8-13(17)9-7-12/h3-9,11H,18H2,1-2H3,(H,19,20)/t11-/m1/s1. The van der Waals surface area contributed by atoms with Gasteiger partial charge in [0.1, 0.15) is 0 Å². The van der Waals surface area contributed by atoms with Gasteiger partial charge in [-0.05, 0) is 43.2 Å². The zero-order valence-corrected chi connectivity index (χ0v) is 13.1. The second kappa shape index (κ2) is 6.09. The number of hydrogen-bond donors (Lipinski definition) is 2. The molecule has 0 aliphatic heterocycles. The molecule has 20 heavy (non-hydrogen) atoms. The first-order valence-corrected chi connectivity index (χ1v) is 7.19. The molecule has 0 fully saturated rings. The maximum Gasteiger partial charge on any atom is 0.253 e. The minimum Gasteiger partial charge on any atom is -0.398 e. The van der Waals surface area contributed by atoms with Crippen molar-refractivity contribution in [2.75, 3.05) is 5.73 Å². The molecule has 104 valence electrons. The number of para-hydroxylation sites is 1. The van der Waals surface area contributed by atoms with Crippen LogP contribution < -0.4 is 11.1 Å². The van der Waals surface area contributed by atoms with Crippen molar-refractivity contribution in [2.24, 2.45) is 0 Å². The summed E-state index contributed by atoms with van der Waals surface area (Å²) in [6, 6.07) is 13.3. The monoisotopic (exact) mass is 332 g/mol. The third kappa shape index (κ3) is 3.20. The average Bonchev–Trinajstić information content (AvgIpc) is 2.42. The molecule has 0 aromatic heterocycles. The number of nitrogens with one attached hydrogen (secondary N) is 1. The quantitative estimate of drug-likeness (QED) is 0.839. The van der Waals surface area contributed by atoms with Gasteiger partial charge >= 0.3 is 0 Å². The zero-order valence-electron chi connectivity index (χ0n) is 11.5. The maximum absolute atomic E-state index is 12.3. The summed E-state index contributed by atoms with van der Waals surface area (Å²) in [5.41, 5.74) is 8.97. The van der Waals surface area contributed by atoms with Crippen LogP contribution in [0, 0.1) is 6.92 Å². The van der Waals surface area contributed by atoms with E-state index in [4.69, 9.17) is 5.73 Å². The van der Waals surface area contributed by atoms with Crippen LogP contribution in [0.5, 0.6) is 0 Å². The lowest BCUT2D eigenvalue weighted by molar-refractivity contribution is 0.0940. The summed E-state index contributed by atoms with van der Waals surface area (Å²) in [7, 11) is 0. The Bertz CT molecular complexity index is 623. The third-order valence-electron chi connectivity index (χ3n) is 3.29. The third-order valence-corrected chi connectivity index (χ3v) is 3.82. The highest BCUT2D eigenvalue weighted by atomic mass is 79.9. The van der Waals surface area contributed by atoms with E-state index in [1.807, 2.05) is 50.2 Å². The van der Waals surface area contributed by atoms with Gasteiger partial charge < -0.3 is 11.1 Å². The smallest absolute Gasteiger partial charge is 0.253 e. The number of aryl methyl sites for hydroxylation is 1. The Balaban J connectivity index is 2.15. The van der Waals surface area contributed by atoms with E-state index in [2.05, 4.69) is 21.2 Å². The van der Waals surface area contributed by atoms with E-state index >= 15 is 0 Å². The van der Waals surface area contributed by atoms with Crippen LogP contribution >= 0.6 is 15.9 Å². The molecule has 2 aromatic rings. The second-order valence-electron chi connectivity index (χ2n) is 4.78. The minimum absolute atomic E-state index is 0.0736. The number of halogens is 1. The first kappa shape index (κ1) is 14.6. The lowest BCUT2D eigenvalue weighted by Crippen LogP contribution is -2.27. The molecule has 0 saturated carbocycles. The molecule has 0 radical (unpaired) electrons. The lowest BCUT2D eigenvalue weighted by Gasteiger charge is -2.16. The van der Waals surface area contributed by atoms with Crippen LogP contribution in [0.2, 0.25) is 0 Å². The first-order chi connectivity index (χ1) is 9.49. The summed E-state index contributed by atoms with van der Waals surface area (Å²) >= 11 is 3.40. The Hall–Kier alpha value is -1.81. The van der Waals surface area contributed by atoms with E-state index in [1.165, 1.54) is 0 Å². The summed E-state index contributed by atoms with van der Waals surface area (Å²) in [5, 5.41) is 2.97. The number of hydrogen-bond acceptors (Lipinski definition) is 2. The number of nitrogen functional groups attached to an aromatic ring is 1. The highest BCUT2D eigenvalue weighted by Crippen LogP contribution is 2.20. The number of carbonyl (C=O) groups is 1. The Labute approximate surface area is 127 Å². The van der Waals surface area contributed by atoms with Crippen LogP contribution in [0.3, 0.4) is 0 Å². The van der Waals surface area contributed by atoms with Crippen LogP contribution in [0.15, 0.2) is 46.9 Å². The molecular weight excluding hydrogens is 316 g/mol. The molecule has 2 aromatic carbocycles. The Kier molecular flexibility index (Phi) is 4.45. The number of nitrogens with two attached hydrogens (primary N) is 1.